The standard InChI is InChI=1S/C71H118N4O54/c1-16-35(90)45(100)48(103)64(113-16)112-15-29-55(42(97)32(61(108)114-29)72-17(2)84)122-62-33(73-18(3)85)43(98)53(26(11-81)119-62)123-67-51(106)58(41(96)28(121-67)14-111-65-50(105)57(39(94)24(9-79)115-65)125-66-49(104)46(101)37(92)22(7-77)116-66)126-69-60(47(102)38(93)23(8-78)118-69)127-63-34(74-19(4)86)44(99)54(27(12-82)120-63)124-68-52(107)59(40(95)25(10-80)117-68)129-71(70(109)110)5-20(87)31(75-30(89)13-83)56(128-71)36(91)21(88)6-76/h16,20-29,31-69,76-83,87-88,90-108H,5-15H2,1-4H3,(H,72,84)(H,73,85)(H,74,86)(H,75,89)(H,109,110)/t16-,20-,21+,22+,23+,24+,25+,26+,27+,28+,29+,31+,32+,33+,34+,35+,36+,37+,38+,39+,40-,41+,42+,43+,44+,45+,46-,47-,48-,49-,50-,51-,52+,53+,54+,55+,56+,57-,58-,59-,60-,61+,62-,63-,64+,65-,66+,67-,68-,69+,71-/m0/s1. The van der Waals surface area contributed by atoms with Crippen molar-refractivity contribution in [2.45, 2.75) is 347 Å². The minimum absolute atomic E-state index is 0.847. The number of carbonyl (C=O) groups excluding carboxylic acids is 4. The van der Waals surface area contributed by atoms with E-state index in [1.54, 1.807) is 0 Å². The first-order valence-electron chi connectivity index (χ1n) is 40.8. The fraction of sp³-hybridized carbons (Fsp3) is 0.930. The summed E-state index contributed by atoms with van der Waals surface area (Å²) in [5, 5.41) is 343. The van der Waals surface area contributed by atoms with E-state index >= 15 is 0 Å². The van der Waals surface area contributed by atoms with Gasteiger partial charge in [0.25, 0.3) is 5.79 Å². The van der Waals surface area contributed by atoms with Gasteiger partial charge < -0.3 is 264 Å². The molecule has 0 unspecified atom stereocenters. The van der Waals surface area contributed by atoms with Gasteiger partial charge in [0.2, 0.25) is 23.6 Å². The first-order chi connectivity index (χ1) is 60.9. The zero-order chi connectivity index (χ0) is 95.3. The Morgan fingerprint density at radius 1 is 0.349 bits per heavy atom. The Bertz CT molecular complexity index is 3550. The maximum absolute atomic E-state index is 13.3. The third-order valence-corrected chi connectivity index (χ3v) is 23.5. The lowest BCUT2D eigenvalue weighted by molar-refractivity contribution is -0.400. The smallest absolute Gasteiger partial charge is 0.364 e. The Morgan fingerprint density at radius 2 is 0.713 bits per heavy atom. The number of carbonyl (C=O) groups is 5. The fourth-order valence-corrected chi connectivity index (χ4v) is 16.5. The number of aliphatic hydroxyl groups is 29. The molecule has 4 amide bonds. The molecule has 0 aromatic rings. The van der Waals surface area contributed by atoms with Crippen LogP contribution in [0.2, 0.25) is 0 Å². The Labute approximate surface area is 728 Å². The zero-order valence-electron chi connectivity index (χ0n) is 68.9. The third kappa shape index (κ3) is 23.5. The van der Waals surface area contributed by atoms with Crippen molar-refractivity contribution in [3.8, 4) is 0 Å². The van der Waals surface area contributed by atoms with Gasteiger partial charge in [0.05, 0.1) is 77.7 Å². The van der Waals surface area contributed by atoms with Crippen molar-refractivity contribution in [3.63, 3.8) is 0 Å². The summed E-state index contributed by atoms with van der Waals surface area (Å²) in [6.07, 6.45) is -101. The number of ether oxygens (including phenoxy) is 19. The van der Waals surface area contributed by atoms with Crippen molar-refractivity contribution in [1.29, 1.82) is 0 Å². The summed E-state index contributed by atoms with van der Waals surface area (Å²) < 4.78 is 112. The highest BCUT2D eigenvalue weighted by molar-refractivity contribution is 5.78. The van der Waals surface area contributed by atoms with Crippen molar-refractivity contribution >= 4 is 29.6 Å². The summed E-state index contributed by atoms with van der Waals surface area (Å²) in [7, 11) is 0. The minimum Gasteiger partial charge on any atom is -0.477 e. The number of hydrogen-bond donors (Lipinski definition) is 34. The second-order valence-corrected chi connectivity index (χ2v) is 32.4. The van der Waals surface area contributed by atoms with Crippen molar-refractivity contribution < 1.29 is 267 Å². The van der Waals surface area contributed by atoms with Gasteiger partial charge >= 0.3 is 5.97 Å². The van der Waals surface area contributed by atoms with Crippen LogP contribution in [0.1, 0.15) is 34.1 Å². The third-order valence-electron chi connectivity index (χ3n) is 23.5. The summed E-state index contributed by atoms with van der Waals surface area (Å²) >= 11 is 0. The Kier molecular flexibility index (Phi) is 38.0. The second kappa shape index (κ2) is 46.1. The number of carboxylic acid groups (broad SMARTS) is 1. The second-order valence-electron chi connectivity index (χ2n) is 32.4. The molecule has 10 aliphatic rings. The Balaban J connectivity index is 0.955. The predicted molar refractivity (Wildman–Crippen MR) is 393 cm³/mol. The summed E-state index contributed by atoms with van der Waals surface area (Å²) in [4.78, 5) is 64.6. The van der Waals surface area contributed by atoms with Gasteiger partial charge in [-0.25, -0.2) is 4.79 Å². The number of carboxylic acids is 1. The minimum atomic E-state index is -3.39. The molecule has 0 spiro atoms. The van der Waals surface area contributed by atoms with E-state index in [1.807, 2.05) is 0 Å². The van der Waals surface area contributed by atoms with E-state index in [9.17, 15) is 177 Å². The molecule has 58 heteroatoms. The van der Waals surface area contributed by atoms with Crippen LogP contribution in [-0.2, 0) is 114 Å². The number of nitrogens with one attached hydrogen (secondary N) is 4. The van der Waals surface area contributed by atoms with Crippen LogP contribution in [0.4, 0.5) is 0 Å². The van der Waals surface area contributed by atoms with E-state index < -0.39 is 414 Å². The van der Waals surface area contributed by atoms with E-state index in [-0.39, 0.29) is 0 Å². The lowest BCUT2D eigenvalue weighted by Gasteiger charge is -2.51. The van der Waals surface area contributed by atoms with Crippen LogP contribution in [0.5, 0.6) is 0 Å². The zero-order valence-corrected chi connectivity index (χ0v) is 68.9. The lowest BCUT2D eigenvalue weighted by atomic mass is 9.88. The lowest BCUT2D eigenvalue weighted by Crippen LogP contribution is -2.71. The van der Waals surface area contributed by atoms with Crippen LogP contribution < -0.4 is 21.3 Å². The topological polar surface area (TPSA) is 916 Å². The van der Waals surface area contributed by atoms with Gasteiger partial charge in [-0.3, -0.25) is 19.2 Å². The number of rotatable bonds is 35. The number of amides is 4. The highest BCUT2D eigenvalue weighted by Crippen LogP contribution is 2.43. The van der Waals surface area contributed by atoms with E-state index in [0.29, 0.717) is 0 Å². The van der Waals surface area contributed by atoms with Gasteiger partial charge in [0.1, 0.15) is 238 Å². The van der Waals surface area contributed by atoms with Gasteiger partial charge in [-0.05, 0) is 6.92 Å². The maximum atomic E-state index is 13.3. The molecular formula is C71H118N4O54. The molecular weight excluding hydrogens is 1770 g/mol. The van der Waals surface area contributed by atoms with Gasteiger partial charge in [-0.1, -0.05) is 0 Å². The molecule has 10 fully saturated rings. The molecule has 10 heterocycles. The van der Waals surface area contributed by atoms with Crippen LogP contribution in [0.15, 0.2) is 0 Å². The molecule has 0 aromatic heterocycles. The van der Waals surface area contributed by atoms with Crippen LogP contribution in [0, 0.1) is 0 Å². The highest BCUT2D eigenvalue weighted by atomic mass is 16.8. The SMILES string of the molecule is CC(=O)N[C@@H]1[C@@H](O)[C@H](O[C@@H]2O[C@H](CO)[C@@H](O[C@@H]3O[C@H](CO[C@H]4O[C@H](CO)[C@@H](O)[C@H](O[C@H]5O[C@H](CO)[C@@H](O)[C@H](O)[C@@H]5O)[C@@H]4O)[C@@H](O)[C@H](O[C@H]4O[C@H](CO)[C@@H](O)[C@H](O)[C@@H]4O[C@@H]4O[C@H](CO)[C@@H](O[C@@H]5O[C@H](CO)[C@H](O)[C@H](O[C@]6(C(=O)O)C[C@H](O)[C@@H](NC(=O)CO)[C@H]([C@H](O)[C@H](O)CO)O6)[C@H]5O)[C@H](O)[C@H]4NC(C)=O)[C@@H]3O)[C@H](O)[C@H]2NC(C)=O)[C@@H](CO[C@@H]2O[C@@H](C)[C@@H](O)[C@@H](O)[C@@H]2O)O[C@H]1O. The number of aliphatic carboxylic acids is 1. The first kappa shape index (κ1) is 106. The molecule has 51 atom stereocenters. The normalized spacial score (nSPS) is 48.1. The molecule has 34 N–H and O–H groups in total. The molecule has 0 bridgehead atoms. The van der Waals surface area contributed by atoms with Gasteiger partial charge in [-0.15, -0.1) is 0 Å². The Hall–Kier alpha value is -4.57. The summed E-state index contributed by atoms with van der Waals surface area (Å²) in [5.41, 5.74) is 0. The molecule has 0 saturated carbocycles. The average molecular weight is 1890 g/mol. The van der Waals surface area contributed by atoms with Crippen molar-refractivity contribution in [2.75, 3.05) is 66.1 Å². The Morgan fingerprint density at radius 3 is 1.21 bits per heavy atom. The van der Waals surface area contributed by atoms with E-state index in [4.69, 9.17) is 90.0 Å². The maximum Gasteiger partial charge on any atom is 0.364 e. The molecule has 0 aromatic carbocycles. The number of hydrogen-bond acceptors (Lipinski definition) is 53. The summed E-state index contributed by atoms with van der Waals surface area (Å²) in [6, 6.07) is -7.88. The van der Waals surface area contributed by atoms with Gasteiger partial charge in [0, 0.05) is 27.2 Å². The van der Waals surface area contributed by atoms with Crippen LogP contribution in [-0.4, -0.2) is 561 Å². The van der Waals surface area contributed by atoms with E-state index in [1.165, 1.54) is 6.92 Å². The molecule has 0 aliphatic carbocycles. The average Bonchev–Trinajstić information content (AvgIpc) is 0.692. The van der Waals surface area contributed by atoms with Crippen LogP contribution in [0.25, 0.3) is 0 Å². The molecule has 10 saturated heterocycles. The van der Waals surface area contributed by atoms with Crippen molar-refractivity contribution in [2.24, 2.45) is 0 Å². The van der Waals surface area contributed by atoms with Crippen LogP contribution in [0.3, 0.4) is 0 Å². The largest absolute Gasteiger partial charge is 0.477 e. The van der Waals surface area contributed by atoms with E-state index in [2.05, 4.69) is 21.3 Å². The van der Waals surface area contributed by atoms with Crippen molar-refractivity contribution in [1.82, 2.24) is 21.3 Å². The fourth-order valence-electron chi connectivity index (χ4n) is 16.5. The highest BCUT2D eigenvalue weighted by Gasteiger charge is 2.64. The predicted octanol–water partition coefficient (Wildman–Crippen LogP) is -23.0. The summed E-state index contributed by atoms with van der Waals surface area (Å²) in [6.45, 7) is -7.82. The van der Waals surface area contributed by atoms with E-state index in [0.717, 1.165) is 20.8 Å². The van der Waals surface area contributed by atoms with Crippen molar-refractivity contribution in [3.05, 3.63) is 0 Å². The van der Waals surface area contributed by atoms with Gasteiger partial charge in [0.15, 0.2) is 56.6 Å². The van der Waals surface area contributed by atoms with Crippen LogP contribution >= 0.6 is 0 Å². The molecule has 129 heavy (non-hydrogen) atoms. The quantitative estimate of drug-likeness (QED) is 0.0280. The molecule has 746 valence electrons. The van der Waals surface area contributed by atoms with Gasteiger partial charge in [-0.2, -0.15) is 0 Å². The first-order valence-corrected chi connectivity index (χ1v) is 40.8. The molecule has 58 nitrogen and oxygen atoms in total. The molecule has 0 radical (unpaired) electrons. The summed E-state index contributed by atoms with van der Waals surface area (Å²) in [5.74, 6) is -9.79. The number of aliphatic hydroxyl groups excluding tert-OH is 29. The molecule has 10 rings (SSSR count). The molecule has 10 aliphatic heterocycles. The monoisotopic (exact) mass is 1890 g/mol.